The van der Waals surface area contributed by atoms with Crippen LogP contribution in [0.25, 0.3) is 0 Å². The highest BCUT2D eigenvalue weighted by atomic mass is 19.4. The largest absolute Gasteiger partial charge is 0.401 e. The van der Waals surface area contributed by atoms with Crippen LogP contribution in [-0.4, -0.2) is 52.4 Å². The highest BCUT2D eigenvalue weighted by Crippen LogP contribution is 2.17. The van der Waals surface area contributed by atoms with Crippen molar-refractivity contribution in [2.75, 3.05) is 31.6 Å². The molecule has 1 heterocycles. The van der Waals surface area contributed by atoms with E-state index in [-0.39, 0.29) is 19.7 Å². The van der Waals surface area contributed by atoms with Gasteiger partial charge in [-0.25, -0.2) is 4.98 Å². The Hall–Kier alpha value is -1.41. The predicted octanol–water partition coefficient (Wildman–Crippen LogP) is 1.66. The van der Waals surface area contributed by atoms with E-state index in [0.29, 0.717) is 11.5 Å². The van der Waals surface area contributed by atoms with Gasteiger partial charge in [0.05, 0.1) is 31.2 Å². The van der Waals surface area contributed by atoms with Gasteiger partial charge < -0.3 is 10.4 Å². The summed E-state index contributed by atoms with van der Waals surface area (Å²) in [4.78, 5) is 9.24. The van der Waals surface area contributed by atoms with E-state index < -0.39 is 12.7 Å². The second kappa shape index (κ2) is 8.01. The molecular formula is C12H19F3N4O. The molecule has 0 atom stereocenters. The van der Waals surface area contributed by atoms with Crippen molar-refractivity contribution in [1.82, 2.24) is 14.9 Å². The van der Waals surface area contributed by atoms with Crippen molar-refractivity contribution < 1.29 is 18.3 Å². The maximum absolute atomic E-state index is 12.4. The van der Waals surface area contributed by atoms with Crippen LogP contribution in [0.15, 0.2) is 12.4 Å². The lowest BCUT2D eigenvalue weighted by molar-refractivity contribution is -0.148. The maximum Gasteiger partial charge on any atom is 0.401 e. The number of hydrogen-bond donors (Lipinski definition) is 2. The number of aromatic nitrogens is 2. The zero-order valence-electron chi connectivity index (χ0n) is 11.3. The fourth-order valence-electron chi connectivity index (χ4n) is 1.62. The van der Waals surface area contributed by atoms with Crippen molar-refractivity contribution in [1.29, 1.82) is 0 Å². The number of alkyl halides is 3. The van der Waals surface area contributed by atoms with Crippen molar-refractivity contribution in [2.24, 2.45) is 0 Å². The van der Waals surface area contributed by atoms with Gasteiger partial charge in [0.2, 0.25) is 0 Å². The van der Waals surface area contributed by atoms with Gasteiger partial charge in [0.15, 0.2) is 0 Å². The molecule has 2 N–H and O–H groups in total. The van der Waals surface area contributed by atoms with E-state index >= 15 is 0 Å². The molecule has 0 saturated heterocycles. The summed E-state index contributed by atoms with van der Waals surface area (Å²) in [5, 5.41) is 11.8. The first kappa shape index (κ1) is 16.6. The van der Waals surface area contributed by atoms with Gasteiger partial charge in [0.1, 0.15) is 5.82 Å². The van der Waals surface area contributed by atoms with E-state index in [2.05, 4.69) is 15.3 Å². The van der Waals surface area contributed by atoms with Crippen LogP contribution in [0.3, 0.4) is 0 Å². The van der Waals surface area contributed by atoms with Crippen molar-refractivity contribution >= 4 is 5.82 Å². The third-order valence-electron chi connectivity index (χ3n) is 2.47. The van der Waals surface area contributed by atoms with E-state index in [4.69, 9.17) is 5.11 Å². The molecule has 0 aliphatic rings. The molecule has 0 saturated carbocycles. The number of nitrogens with zero attached hydrogens (tertiary/aromatic N) is 3. The summed E-state index contributed by atoms with van der Waals surface area (Å²) >= 11 is 0. The van der Waals surface area contributed by atoms with Crippen LogP contribution in [0.2, 0.25) is 0 Å². The molecule has 0 aliphatic carbocycles. The summed E-state index contributed by atoms with van der Waals surface area (Å²) in [6, 6.07) is 0. The summed E-state index contributed by atoms with van der Waals surface area (Å²) in [7, 11) is 0. The summed E-state index contributed by atoms with van der Waals surface area (Å²) < 4.78 is 37.1. The minimum Gasteiger partial charge on any atom is -0.395 e. The van der Waals surface area contributed by atoms with Crippen LogP contribution in [0.4, 0.5) is 19.0 Å². The van der Waals surface area contributed by atoms with Gasteiger partial charge in [0, 0.05) is 19.6 Å². The topological polar surface area (TPSA) is 61.3 Å². The molecule has 0 fully saturated rings. The Bertz CT molecular complexity index is 383. The quantitative estimate of drug-likeness (QED) is 0.763. The predicted molar refractivity (Wildman–Crippen MR) is 69.2 cm³/mol. The molecule has 0 unspecified atom stereocenters. The normalized spacial score (nSPS) is 11.9. The first-order chi connectivity index (χ1) is 9.44. The van der Waals surface area contributed by atoms with E-state index in [1.165, 1.54) is 12.4 Å². The number of nitrogens with one attached hydrogen (secondary N) is 1. The smallest absolute Gasteiger partial charge is 0.395 e. The van der Waals surface area contributed by atoms with Gasteiger partial charge in [-0.15, -0.1) is 0 Å². The fourth-order valence-corrected chi connectivity index (χ4v) is 1.62. The minimum absolute atomic E-state index is 0.00112. The lowest BCUT2D eigenvalue weighted by Gasteiger charge is -2.22. The number of hydrogen-bond acceptors (Lipinski definition) is 5. The van der Waals surface area contributed by atoms with Crippen molar-refractivity contribution in [2.45, 2.75) is 26.1 Å². The number of rotatable bonds is 8. The van der Waals surface area contributed by atoms with Crippen LogP contribution in [0.1, 0.15) is 19.0 Å². The van der Waals surface area contributed by atoms with Gasteiger partial charge in [-0.1, -0.05) is 6.92 Å². The molecule has 114 valence electrons. The molecule has 0 amide bonds. The molecule has 20 heavy (non-hydrogen) atoms. The summed E-state index contributed by atoms with van der Waals surface area (Å²) in [5.74, 6) is 0.597. The van der Waals surface area contributed by atoms with Crippen molar-refractivity contribution in [3.05, 3.63) is 18.1 Å². The van der Waals surface area contributed by atoms with Crippen LogP contribution in [0.5, 0.6) is 0 Å². The lowest BCUT2D eigenvalue weighted by atomic mass is 10.3. The molecule has 0 aromatic carbocycles. The van der Waals surface area contributed by atoms with Crippen LogP contribution in [-0.2, 0) is 6.54 Å². The molecule has 0 radical (unpaired) electrons. The fraction of sp³-hybridized carbons (Fsp3) is 0.667. The molecule has 1 aromatic heterocycles. The zero-order chi connectivity index (χ0) is 15.0. The SMILES string of the molecule is CCCNc1cnc(CN(CCO)CC(F)(F)F)cn1. The van der Waals surface area contributed by atoms with E-state index in [0.717, 1.165) is 17.9 Å². The Balaban J connectivity index is 2.59. The van der Waals surface area contributed by atoms with Gasteiger partial charge >= 0.3 is 6.18 Å². The number of aliphatic hydroxyl groups is 1. The third-order valence-corrected chi connectivity index (χ3v) is 2.47. The van der Waals surface area contributed by atoms with Gasteiger partial charge in [-0.2, -0.15) is 13.2 Å². The third kappa shape index (κ3) is 6.67. The molecule has 0 aliphatic heterocycles. The Kier molecular flexibility index (Phi) is 6.66. The number of anilines is 1. The summed E-state index contributed by atoms with van der Waals surface area (Å²) in [6.45, 7) is 1.31. The number of aliphatic hydroxyl groups excluding tert-OH is 1. The number of halogens is 3. The standard InChI is InChI=1S/C12H19F3N4O/c1-2-3-16-11-7-17-10(6-18-11)8-19(4-5-20)9-12(13,14)15/h6-7,20H,2-5,8-9H2,1H3,(H,16,18). The first-order valence-corrected chi connectivity index (χ1v) is 6.39. The van der Waals surface area contributed by atoms with E-state index in [1.54, 1.807) is 0 Å². The van der Waals surface area contributed by atoms with Crippen LogP contribution in [0, 0.1) is 0 Å². The van der Waals surface area contributed by atoms with Gasteiger partial charge in [0.25, 0.3) is 0 Å². The van der Waals surface area contributed by atoms with Crippen LogP contribution < -0.4 is 5.32 Å². The average molecular weight is 292 g/mol. The molecular weight excluding hydrogens is 273 g/mol. The molecule has 1 aromatic rings. The molecule has 1 rings (SSSR count). The summed E-state index contributed by atoms with van der Waals surface area (Å²) in [5.41, 5.74) is 0.435. The average Bonchev–Trinajstić information content (AvgIpc) is 2.36. The van der Waals surface area contributed by atoms with Crippen LogP contribution >= 0.6 is 0 Å². The zero-order valence-corrected chi connectivity index (χ0v) is 11.3. The molecule has 0 bridgehead atoms. The highest BCUT2D eigenvalue weighted by Gasteiger charge is 2.30. The Morgan fingerprint density at radius 3 is 2.55 bits per heavy atom. The maximum atomic E-state index is 12.4. The minimum atomic E-state index is -4.30. The van der Waals surface area contributed by atoms with E-state index in [9.17, 15) is 13.2 Å². The molecule has 0 spiro atoms. The van der Waals surface area contributed by atoms with Gasteiger partial charge in [-0.05, 0) is 6.42 Å². The summed E-state index contributed by atoms with van der Waals surface area (Å²) in [6.07, 6.45) is -0.418. The first-order valence-electron chi connectivity index (χ1n) is 6.39. The second-order valence-electron chi connectivity index (χ2n) is 4.37. The lowest BCUT2D eigenvalue weighted by Crippen LogP contribution is -2.36. The second-order valence-corrected chi connectivity index (χ2v) is 4.37. The van der Waals surface area contributed by atoms with Gasteiger partial charge in [-0.3, -0.25) is 9.88 Å². The van der Waals surface area contributed by atoms with Crippen molar-refractivity contribution in [3.63, 3.8) is 0 Å². The van der Waals surface area contributed by atoms with Crippen molar-refractivity contribution in [3.8, 4) is 0 Å². The Morgan fingerprint density at radius 1 is 1.30 bits per heavy atom. The Labute approximate surface area is 115 Å². The monoisotopic (exact) mass is 292 g/mol. The molecule has 5 nitrogen and oxygen atoms in total. The Morgan fingerprint density at radius 2 is 2.05 bits per heavy atom. The highest BCUT2D eigenvalue weighted by molar-refractivity contribution is 5.30. The molecule has 8 heteroatoms. The van der Waals surface area contributed by atoms with E-state index in [1.807, 2.05) is 6.92 Å².